The Morgan fingerprint density at radius 3 is 3.00 bits per heavy atom. The van der Waals surface area contributed by atoms with Gasteiger partial charge in [-0.25, -0.2) is 0 Å². The molecule has 0 saturated heterocycles. The van der Waals surface area contributed by atoms with Gasteiger partial charge in [0, 0.05) is 32.4 Å². The molecule has 1 heterocycles. The van der Waals surface area contributed by atoms with Gasteiger partial charge in [-0.05, 0) is 13.0 Å². The molecule has 0 aliphatic heterocycles. The second kappa shape index (κ2) is 4.23. The molecule has 1 aromatic rings. The number of nitrogens with one attached hydrogen (secondary N) is 1. The summed E-state index contributed by atoms with van der Waals surface area (Å²) < 4.78 is 1.80. The molecule has 0 aliphatic rings. The number of rotatable bonds is 4. The van der Waals surface area contributed by atoms with E-state index in [0.717, 1.165) is 12.2 Å². The SMILES string of the molecule is C[C@H](CN)NCc1ccn(C)n1. The normalized spacial score (nSPS) is 13.2. The van der Waals surface area contributed by atoms with Crippen molar-refractivity contribution in [3.63, 3.8) is 0 Å². The smallest absolute Gasteiger partial charge is 0.0762 e. The molecule has 4 nitrogen and oxygen atoms in total. The first-order chi connectivity index (χ1) is 5.72. The Labute approximate surface area is 72.8 Å². The van der Waals surface area contributed by atoms with E-state index in [-0.39, 0.29) is 0 Å². The minimum Gasteiger partial charge on any atom is -0.329 e. The van der Waals surface area contributed by atoms with Crippen molar-refractivity contribution < 1.29 is 0 Å². The Bertz CT molecular complexity index is 231. The number of nitrogens with two attached hydrogens (primary N) is 1. The lowest BCUT2D eigenvalue weighted by atomic mass is 10.3. The van der Waals surface area contributed by atoms with Crippen molar-refractivity contribution in [2.24, 2.45) is 12.8 Å². The lowest BCUT2D eigenvalue weighted by Gasteiger charge is -2.08. The molecule has 1 atom stereocenters. The van der Waals surface area contributed by atoms with Gasteiger partial charge in [0.15, 0.2) is 0 Å². The van der Waals surface area contributed by atoms with Crippen LogP contribution in [0.2, 0.25) is 0 Å². The van der Waals surface area contributed by atoms with Gasteiger partial charge in [0.25, 0.3) is 0 Å². The molecule has 0 spiro atoms. The number of nitrogens with zero attached hydrogens (tertiary/aromatic N) is 2. The second-order valence-electron chi connectivity index (χ2n) is 3.00. The molecule has 0 radical (unpaired) electrons. The van der Waals surface area contributed by atoms with E-state index >= 15 is 0 Å². The number of hydrogen-bond donors (Lipinski definition) is 2. The van der Waals surface area contributed by atoms with E-state index in [2.05, 4.69) is 17.3 Å². The maximum absolute atomic E-state index is 5.45. The van der Waals surface area contributed by atoms with E-state index in [1.807, 2.05) is 19.3 Å². The van der Waals surface area contributed by atoms with Crippen LogP contribution in [-0.4, -0.2) is 22.4 Å². The molecule has 0 fully saturated rings. The van der Waals surface area contributed by atoms with Crippen molar-refractivity contribution in [1.29, 1.82) is 0 Å². The van der Waals surface area contributed by atoms with Crippen LogP contribution in [0.1, 0.15) is 12.6 Å². The van der Waals surface area contributed by atoms with Gasteiger partial charge in [0.2, 0.25) is 0 Å². The van der Waals surface area contributed by atoms with Crippen LogP contribution in [0.25, 0.3) is 0 Å². The van der Waals surface area contributed by atoms with Gasteiger partial charge in [-0.1, -0.05) is 0 Å². The summed E-state index contributed by atoms with van der Waals surface area (Å²) in [6.07, 6.45) is 1.93. The molecule has 3 N–H and O–H groups in total. The van der Waals surface area contributed by atoms with Gasteiger partial charge in [0.1, 0.15) is 0 Å². The third-order valence-electron chi connectivity index (χ3n) is 1.75. The van der Waals surface area contributed by atoms with Crippen molar-refractivity contribution in [2.75, 3.05) is 6.54 Å². The number of aryl methyl sites for hydroxylation is 1. The van der Waals surface area contributed by atoms with E-state index in [4.69, 9.17) is 5.73 Å². The van der Waals surface area contributed by atoms with Gasteiger partial charge < -0.3 is 11.1 Å². The lowest BCUT2D eigenvalue weighted by Crippen LogP contribution is -2.32. The zero-order valence-corrected chi connectivity index (χ0v) is 7.62. The van der Waals surface area contributed by atoms with Crippen LogP contribution in [0.4, 0.5) is 0 Å². The molecular weight excluding hydrogens is 152 g/mol. The van der Waals surface area contributed by atoms with Crippen molar-refractivity contribution in [2.45, 2.75) is 19.5 Å². The molecule has 1 rings (SSSR count). The predicted octanol–water partition coefficient (Wildman–Crippen LogP) is -0.143. The molecule has 0 saturated carbocycles. The van der Waals surface area contributed by atoms with Crippen LogP contribution >= 0.6 is 0 Å². The standard InChI is InChI=1S/C8H16N4/c1-7(5-9)10-6-8-3-4-12(2)11-8/h3-4,7,10H,5-6,9H2,1-2H3/t7-/m1/s1. The minimum absolute atomic E-state index is 0.354. The Hall–Kier alpha value is -0.870. The zero-order chi connectivity index (χ0) is 8.97. The molecule has 0 unspecified atom stereocenters. The van der Waals surface area contributed by atoms with E-state index < -0.39 is 0 Å². The van der Waals surface area contributed by atoms with Crippen molar-refractivity contribution in [3.05, 3.63) is 18.0 Å². The molecule has 0 aromatic carbocycles. The fourth-order valence-electron chi connectivity index (χ4n) is 0.920. The summed E-state index contributed by atoms with van der Waals surface area (Å²) in [7, 11) is 1.91. The third kappa shape index (κ3) is 2.64. The van der Waals surface area contributed by atoms with Gasteiger partial charge in [-0.3, -0.25) is 4.68 Å². The first-order valence-electron chi connectivity index (χ1n) is 4.14. The molecule has 0 aliphatic carbocycles. The summed E-state index contributed by atoms with van der Waals surface area (Å²) in [6, 6.07) is 2.35. The van der Waals surface area contributed by atoms with Crippen molar-refractivity contribution in [3.8, 4) is 0 Å². The minimum atomic E-state index is 0.354. The molecule has 4 heteroatoms. The Balaban J connectivity index is 2.33. The van der Waals surface area contributed by atoms with Gasteiger partial charge >= 0.3 is 0 Å². The van der Waals surface area contributed by atoms with E-state index in [1.54, 1.807) is 4.68 Å². The van der Waals surface area contributed by atoms with Crippen LogP contribution in [-0.2, 0) is 13.6 Å². The lowest BCUT2D eigenvalue weighted by molar-refractivity contribution is 0.546. The summed E-state index contributed by atoms with van der Waals surface area (Å²) in [5.41, 5.74) is 6.51. The Morgan fingerprint density at radius 1 is 1.75 bits per heavy atom. The summed E-state index contributed by atoms with van der Waals surface area (Å²) in [4.78, 5) is 0. The van der Waals surface area contributed by atoms with Crippen molar-refractivity contribution in [1.82, 2.24) is 15.1 Å². The van der Waals surface area contributed by atoms with Gasteiger partial charge in [-0.15, -0.1) is 0 Å². The topological polar surface area (TPSA) is 55.9 Å². The first kappa shape index (κ1) is 9.22. The van der Waals surface area contributed by atoms with Crippen LogP contribution in [0.15, 0.2) is 12.3 Å². The van der Waals surface area contributed by atoms with E-state index in [0.29, 0.717) is 12.6 Å². The van der Waals surface area contributed by atoms with Crippen LogP contribution < -0.4 is 11.1 Å². The fraction of sp³-hybridized carbons (Fsp3) is 0.625. The maximum atomic E-state index is 5.45. The van der Waals surface area contributed by atoms with Gasteiger partial charge in [0.05, 0.1) is 5.69 Å². The average Bonchev–Trinajstić information content (AvgIpc) is 2.47. The predicted molar refractivity (Wildman–Crippen MR) is 48.6 cm³/mol. The van der Waals surface area contributed by atoms with Crippen LogP contribution in [0, 0.1) is 0 Å². The Morgan fingerprint density at radius 2 is 2.50 bits per heavy atom. The summed E-state index contributed by atoms with van der Waals surface area (Å²) in [6.45, 7) is 3.51. The van der Waals surface area contributed by atoms with Crippen LogP contribution in [0.5, 0.6) is 0 Å². The van der Waals surface area contributed by atoms with E-state index in [1.165, 1.54) is 0 Å². The Kier molecular flexibility index (Phi) is 3.25. The molecule has 1 aromatic heterocycles. The van der Waals surface area contributed by atoms with Crippen molar-refractivity contribution >= 4 is 0 Å². The van der Waals surface area contributed by atoms with Crippen LogP contribution in [0.3, 0.4) is 0 Å². The molecule has 12 heavy (non-hydrogen) atoms. The molecule has 0 amide bonds. The summed E-state index contributed by atoms with van der Waals surface area (Å²) in [5, 5.41) is 7.49. The first-order valence-corrected chi connectivity index (χ1v) is 4.14. The molecule has 68 valence electrons. The monoisotopic (exact) mass is 168 g/mol. The third-order valence-corrected chi connectivity index (χ3v) is 1.75. The summed E-state index contributed by atoms with van der Waals surface area (Å²) >= 11 is 0. The highest BCUT2D eigenvalue weighted by Crippen LogP contribution is 1.93. The van der Waals surface area contributed by atoms with E-state index in [9.17, 15) is 0 Å². The maximum Gasteiger partial charge on any atom is 0.0762 e. The quantitative estimate of drug-likeness (QED) is 0.657. The second-order valence-corrected chi connectivity index (χ2v) is 3.00. The highest BCUT2D eigenvalue weighted by molar-refractivity contribution is 4.98. The largest absolute Gasteiger partial charge is 0.329 e. The number of aromatic nitrogens is 2. The zero-order valence-electron chi connectivity index (χ0n) is 7.62. The summed E-state index contributed by atoms with van der Waals surface area (Å²) in [5.74, 6) is 0. The highest BCUT2D eigenvalue weighted by atomic mass is 15.3. The number of hydrogen-bond acceptors (Lipinski definition) is 3. The molecular formula is C8H16N4. The fourth-order valence-corrected chi connectivity index (χ4v) is 0.920. The highest BCUT2D eigenvalue weighted by Gasteiger charge is 1.99. The molecule has 0 bridgehead atoms. The van der Waals surface area contributed by atoms with Gasteiger partial charge in [-0.2, -0.15) is 5.10 Å². The average molecular weight is 168 g/mol.